The van der Waals surface area contributed by atoms with Gasteiger partial charge in [-0.25, -0.2) is 12.1 Å². The van der Waals surface area contributed by atoms with Gasteiger partial charge in [0, 0.05) is 17.1 Å². The fraction of sp³-hybridized carbons (Fsp3) is 0. The minimum absolute atomic E-state index is 0. The maximum Gasteiger partial charge on any atom is 0.0949 e. The van der Waals surface area contributed by atoms with Crippen LogP contribution in [-0.4, -0.2) is 6.29 Å². The molecule has 0 unspecified atom stereocenters. The summed E-state index contributed by atoms with van der Waals surface area (Å²) in [6, 6.07) is 20.8. The van der Waals surface area contributed by atoms with Gasteiger partial charge >= 0.3 is 0 Å². The van der Waals surface area contributed by atoms with Crippen molar-refractivity contribution in [2.24, 2.45) is 0 Å². The van der Waals surface area contributed by atoms with Crippen LogP contribution in [0.15, 0.2) is 66.7 Å². The van der Waals surface area contributed by atoms with E-state index in [4.69, 9.17) is 11.5 Å². The SMILES string of the molecule is Nc1ccc(N)s1.O=C[c-]1cccc1.[Fe].[cH-]1[cH-][cH-][cH-][cH-]1. The fourth-order valence-electron chi connectivity index (χ4n) is 1.16. The molecule has 0 saturated carbocycles. The molecule has 20 heavy (non-hydrogen) atoms. The first-order valence-corrected chi connectivity index (χ1v) is 6.48. The molecule has 0 radical (unpaired) electrons. The standard InChI is InChI=1S/C6H5O.C5H5.C4H6N2S.Fe/c7-5-6-3-1-2-4-6;1-2-4-5-3-1;5-3-1-2-4(6)7-3;/h1-5H;1-5H;1-2H,5-6H2;/q-1;-5;;. The van der Waals surface area contributed by atoms with Crippen LogP contribution in [0.4, 0.5) is 10.0 Å². The van der Waals surface area contributed by atoms with Crippen molar-refractivity contribution >= 4 is 27.6 Å². The Morgan fingerprint density at radius 2 is 1.35 bits per heavy atom. The molecule has 0 aliphatic rings. The molecule has 5 heteroatoms. The van der Waals surface area contributed by atoms with Crippen LogP contribution in [0.2, 0.25) is 0 Å². The van der Waals surface area contributed by atoms with E-state index >= 15 is 0 Å². The number of nitrogens with two attached hydrogens (primary N) is 2. The van der Waals surface area contributed by atoms with Crippen LogP contribution in [0.3, 0.4) is 0 Å². The monoisotopic (exact) mass is 328 g/mol. The minimum Gasteiger partial charge on any atom is -0.748 e. The Kier molecular flexibility index (Phi) is 10.1. The third kappa shape index (κ3) is 8.32. The summed E-state index contributed by atoms with van der Waals surface area (Å²) >= 11 is 1.40. The molecule has 2 aromatic carbocycles. The van der Waals surface area contributed by atoms with Crippen molar-refractivity contribution in [3.63, 3.8) is 0 Å². The normalized spacial score (nSPS) is 8.20. The van der Waals surface area contributed by atoms with E-state index in [1.807, 2.05) is 42.5 Å². The molecule has 0 amide bonds. The van der Waals surface area contributed by atoms with E-state index in [2.05, 4.69) is 0 Å². The second kappa shape index (κ2) is 11.1. The van der Waals surface area contributed by atoms with Gasteiger partial charge in [-0.1, -0.05) is 5.56 Å². The van der Waals surface area contributed by atoms with E-state index in [1.54, 1.807) is 24.3 Å². The zero-order valence-electron chi connectivity index (χ0n) is 10.8. The van der Waals surface area contributed by atoms with Crippen molar-refractivity contribution in [3.05, 3.63) is 72.3 Å². The van der Waals surface area contributed by atoms with Crippen molar-refractivity contribution in [3.8, 4) is 0 Å². The molecule has 0 bridgehead atoms. The van der Waals surface area contributed by atoms with E-state index in [9.17, 15) is 4.79 Å². The summed E-state index contributed by atoms with van der Waals surface area (Å²) in [6.45, 7) is 0. The largest absolute Gasteiger partial charge is 0.748 e. The Morgan fingerprint density at radius 1 is 0.950 bits per heavy atom. The van der Waals surface area contributed by atoms with Gasteiger partial charge in [0.1, 0.15) is 0 Å². The van der Waals surface area contributed by atoms with Crippen molar-refractivity contribution in [2.45, 2.75) is 0 Å². The number of carbonyl (C=O) groups is 1. The maximum absolute atomic E-state index is 9.87. The molecule has 0 fully saturated rings. The predicted octanol–water partition coefficient (Wildman–Crippen LogP) is 3.53. The predicted molar refractivity (Wildman–Crippen MR) is 82.6 cm³/mol. The van der Waals surface area contributed by atoms with Gasteiger partial charge in [0.2, 0.25) is 0 Å². The Hall–Kier alpha value is -1.81. The summed E-state index contributed by atoms with van der Waals surface area (Å²) in [4.78, 5) is 9.87. The number of thiophene rings is 1. The first-order chi connectivity index (χ1) is 9.22. The summed E-state index contributed by atoms with van der Waals surface area (Å²) in [5, 5.41) is 1.55. The number of rotatable bonds is 1. The summed E-state index contributed by atoms with van der Waals surface area (Å²) in [7, 11) is 0. The average molecular weight is 328 g/mol. The zero-order chi connectivity index (χ0) is 13.9. The Morgan fingerprint density at radius 3 is 1.55 bits per heavy atom. The topological polar surface area (TPSA) is 69.1 Å². The molecule has 3 rings (SSSR count). The molecule has 0 aliphatic carbocycles. The van der Waals surface area contributed by atoms with Crippen molar-refractivity contribution in [1.82, 2.24) is 0 Å². The van der Waals surface area contributed by atoms with Gasteiger partial charge in [-0.3, -0.25) is 0 Å². The van der Waals surface area contributed by atoms with E-state index < -0.39 is 0 Å². The number of hydrogen-bond donors (Lipinski definition) is 2. The Bertz CT molecular complexity index is 510. The van der Waals surface area contributed by atoms with Gasteiger partial charge in [-0.2, -0.15) is 12.1 Å². The molecule has 4 N–H and O–H groups in total. The van der Waals surface area contributed by atoms with Crippen LogP contribution in [0.25, 0.3) is 0 Å². The number of aldehydes is 1. The third-order valence-corrected chi connectivity index (χ3v) is 2.77. The van der Waals surface area contributed by atoms with Gasteiger partial charge < -0.3 is 46.6 Å². The quantitative estimate of drug-likeness (QED) is 0.408. The molecular formula is C15H16FeN2OS-6. The average Bonchev–Trinajstić information content (AvgIpc) is 3.14. The summed E-state index contributed by atoms with van der Waals surface area (Å²) < 4.78 is 0. The molecule has 1 aromatic heterocycles. The van der Waals surface area contributed by atoms with E-state index in [0.717, 1.165) is 21.9 Å². The molecule has 0 atom stereocenters. The zero-order valence-corrected chi connectivity index (χ0v) is 12.7. The van der Waals surface area contributed by atoms with Crippen LogP contribution in [0.5, 0.6) is 0 Å². The Labute approximate surface area is 133 Å². The minimum atomic E-state index is 0. The second-order valence-corrected chi connectivity index (χ2v) is 4.69. The third-order valence-electron chi connectivity index (χ3n) is 2.03. The van der Waals surface area contributed by atoms with Gasteiger partial charge in [0.15, 0.2) is 0 Å². The molecule has 112 valence electrons. The van der Waals surface area contributed by atoms with Gasteiger partial charge in [-0.05, 0) is 12.1 Å². The summed E-state index contributed by atoms with van der Waals surface area (Å²) in [6.07, 6.45) is 0.833. The van der Waals surface area contributed by atoms with Crippen LogP contribution in [0, 0.1) is 0 Å². The van der Waals surface area contributed by atoms with Crippen LogP contribution < -0.4 is 11.5 Å². The first kappa shape index (κ1) is 18.2. The smallest absolute Gasteiger partial charge is 0.0949 e. The van der Waals surface area contributed by atoms with E-state index in [1.165, 1.54) is 11.3 Å². The number of carbonyl (C=O) groups excluding carboxylic acids is 1. The summed E-state index contributed by atoms with van der Waals surface area (Å²) in [5.74, 6) is 0. The molecule has 1 heterocycles. The van der Waals surface area contributed by atoms with Gasteiger partial charge in [0.25, 0.3) is 0 Å². The van der Waals surface area contributed by atoms with E-state index in [0.29, 0.717) is 0 Å². The van der Waals surface area contributed by atoms with Crippen LogP contribution in [-0.2, 0) is 17.1 Å². The van der Waals surface area contributed by atoms with Crippen LogP contribution in [0.1, 0.15) is 10.4 Å². The Balaban J connectivity index is 0.000000268. The van der Waals surface area contributed by atoms with E-state index in [-0.39, 0.29) is 17.1 Å². The fourth-order valence-corrected chi connectivity index (χ4v) is 1.70. The molecular weight excluding hydrogens is 312 g/mol. The molecule has 0 aliphatic heterocycles. The number of nitrogen functional groups attached to an aromatic ring is 2. The molecule has 3 aromatic rings. The molecule has 0 spiro atoms. The van der Waals surface area contributed by atoms with Crippen molar-refractivity contribution < 1.29 is 21.9 Å². The first-order valence-electron chi connectivity index (χ1n) is 5.66. The second-order valence-electron chi connectivity index (χ2n) is 3.54. The number of hydrogen-bond acceptors (Lipinski definition) is 4. The number of anilines is 2. The van der Waals surface area contributed by atoms with Crippen molar-refractivity contribution in [1.29, 1.82) is 0 Å². The van der Waals surface area contributed by atoms with Gasteiger partial charge in [-0.15, -0.1) is 11.3 Å². The van der Waals surface area contributed by atoms with Gasteiger partial charge in [0.05, 0.1) is 16.3 Å². The molecule has 3 nitrogen and oxygen atoms in total. The maximum atomic E-state index is 9.87. The van der Waals surface area contributed by atoms with Crippen LogP contribution >= 0.6 is 11.3 Å². The van der Waals surface area contributed by atoms with Crippen molar-refractivity contribution in [2.75, 3.05) is 11.5 Å². The summed E-state index contributed by atoms with van der Waals surface area (Å²) in [5.41, 5.74) is 11.4. The molecule has 0 saturated heterocycles.